The lowest BCUT2D eigenvalue weighted by molar-refractivity contribution is 0.0445. The fraction of sp³-hybridized carbons (Fsp3) is 0.0769. The van der Waals surface area contributed by atoms with Crippen LogP contribution in [0.4, 0.5) is 0 Å². The summed E-state index contributed by atoms with van der Waals surface area (Å²) >= 11 is 1.23. The van der Waals surface area contributed by atoms with Gasteiger partial charge in [-0.3, -0.25) is 0 Å². The van der Waals surface area contributed by atoms with Gasteiger partial charge >= 0.3 is 11.9 Å². The first-order chi connectivity index (χ1) is 8.18. The van der Waals surface area contributed by atoms with Gasteiger partial charge in [0.25, 0.3) is 0 Å². The van der Waals surface area contributed by atoms with Gasteiger partial charge in [-0.15, -0.1) is 11.3 Å². The Morgan fingerprint density at radius 2 is 1.71 bits per heavy atom. The molecular formula is C13H10O3S. The summed E-state index contributed by atoms with van der Waals surface area (Å²) in [4.78, 5) is 21.8. The molecule has 0 radical (unpaired) electrons. The van der Waals surface area contributed by atoms with Gasteiger partial charge in [0.05, 0.1) is 5.56 Å². The summed E-state index contributed by atoms with van der Waals surface area (Å²) in [5.74, 6) is -1.05. The van der Waals surface area contributed by atoms with Gasteiger partial charge in [0, 0.05) is 0 Å². The van der Waals surface area contributed by atoms with Crippen LogP contribution in [-0.2, 0) is 4.74 Å². The van der Waals surface area contributed by atoms with Crippen LogP contribution in [0, 0.1) is 6.92 Å². The van der Waals surface area contributed by atoms with E-state index < -0.39 is 11.9 Å². The molecule has 0 N–H and O–H groups in total. The van der Waals surface area contributed by atoms with Crippen molar-refractivity contribution in [1.29, 1.82) is 0 Å². The Hall–Kier alpha value is -1.94. The number of fused-ring (bicyclic) bond motifs is 1. The SMILES string of the molecule is Cc1ccccc1.O=C1OC(=O)c2sccc21. The molecule has 2 heterocycles. The van der Waals surface area contributed by atoms with E-state index in [1.807, 2.05) is 18.2 Å². The summed E-state index contributed by atoms with van der Waals surface area (Å²) < 4.78 is 4.30. The molecular weight excluding hydrogens is 236 g/mol. The van der Waals surface area contributed by atoms with Gasteiger partial charge in [-0.1, -0.05) is 35.9 Å². The molecule has 0 spiro atoms. The third-order valence-corrected chi connectivity index (χ3v) is 3.09. The number of esters is 2. The van der Waals surface area contributed by atoms with E-state index in [0.717, 1.165) is 0 Å². The Bertz CT molecular complexity index is 514. The highest BCUT2D eigenvalue weighted by Gasteiger charge is 2.30. The van der Waals surface area contributed by atoms with Gasteiger partial charge in [0.2, 0.25) is 0 Å². The van der Waals surface area contributed by atoms with Crippen LogP contribution >= 0.6 is 11.3 Å². The Labute approximate surface area is 103 Å². The molecule has 0 aliphatic carbocycles. The quantitative estimate of drug-likeness (QED) is 0.530. The van der Waals surface area contributed by atoms with Crippen LogP contribution in [0.5, 0.6) is 0 Å². The molecule has 0 saturated heterocycles. The van der Waals surface area contributed by atoms with Crippen LogP contribution in [-0.4, -0.2) is 11.9 Å². The van der Waals surface area contributed by atoms with Crippen LogP contribution in [0.25, 0.3) is 0 Å². The summed E-state index contributed by atoms with van der Waals surface area (Å²) in [5, 5.41) is 1.70. The Morgan fingerprint density at radius 1 is 1.00 bits per heavy atom. The lowest BCUT2D eigenvalue weighted by Crippen LogP contribution is -1.97. The Morgan fingerprint density at radius 3 is 2.24 bits per heavy atom. The molecule has 4 heteroatoms. The summed E-state index contributed by atoms with van der Waals surface area (Å²) in [5.41, 5.74) is 1.72. The molecule has 1 aromatic heterocycles. The maximum atomic E-state index is 10.7. The van der Waals surface area contributed by atoms with Gasteiger partial charge in [-0.25, -0.2) is 9.59 Å². The van der Waals surface area contributed by atoms with E-state index in [0.29, 0.717) is 10.4 Å². The van der Waals surface area contributed by atoms with Crippen molar-refractivity contribution in [3.8, 4) is 0 Å². The standard InChI is InChI=1S/C7H8.C6H2O3S/c1-7-5-3-2-4-6-7;7-5-3-1-2-10-4(3)6(8)9-5/h2-6H,1H3;1-2H. The molecule has 86 valence electrons. The van der Waals surface area contributed by atoms with Crippen LogP contribution in [0.1, 0.15) is 25.6 Å². The molecule has 0 saturated carbocycles. The third kappa shape index (κ3) is 2.60. The minimum atomic E-state index is -0.527. The number of benzene rings is 1. The molecule has 0 bridgehead atoms. The number of rotatable bonds is 0. The van der Waals surface area contributed by atoms with Gasteiger partial charge in [0.1, 0.15) is 4.88 Å². The zero-order chi connectivity index (χ0) is 12.3. The molecule has 0 amide bonds. The largest absolute Gasteiger partial charge is 0.385 e. The number of ether oxygens (including phenoxy) is 1. The average Bonchev–Trinajstić information content (AvgIpc) is 2.87. The van der Waals surface area contributed by atoms with Crippen molar-refractivity contribution in [3.05, 3.63) is 57.8 Å². The van der Waals surface area contributed by atoms with Crippen molar-refractivity contribution in [2.24, 2.45) is 0 Å². The molecule has 17 heavy (non-hydrogen) atoms. The summed E-state index contributed by atoms with van der Waals surface area (Å²) in [6.45, 7) is 2.08. The van der Waals surface area contributed by atoms with Crippen molar-refractivity contribution < 1.29 is 14.3 Å². The lowest BCUT2D eigenvalue weighted by atomic mass is 10.2. The molecule has 0 unspecified atom stereocenters. The van der Waals surface area contributed by atoms with Crippen LogP contribution in [0.2, 0.25) is 0 Å². The maximum Gasteiger partial charge on any atom is 0.357 e. The lowest BCUT2D eigenvalue weighted by Gasteiger charge is -1.83. The predicted octanol–water partition coefficient (Wildman–Crippen LogP) is 3.05. The van der Waals surface area contributed by atoms with Crippen LogP contribution in [0.15, 0.2) is 41.8 Å². The first-order valence-corrected chi connectivity index (χ1v) is 5.92. The van der Waals surface area contributed by atoms with E-state index in [-0.39, 0.29) is 0 Å². The van der Waals surface area contributed by atoms with E-state index in [1.165, 1.54) is 16.9 Å². The molecule has 2 aromatic rings. The number of thiophene rings is 1. The fourth-order valence-electron chi connectivity index (χ4n) is 1.35. The highest BCUT2D eigenvalue weighted by Crippen LogP contribution is 2.24. The number of cyclic esters (lactones) is 2. The predicted molar refractivity (Wildman–Crippen MR) is 65.2 cm³/mol. The first-order valence-electron chi connectivity index (χ1n) is 5.04. The van der Waals surface area contributed by atoms with Crippen LogP contribution < -0.4 is 0 Å². The highest BCUT2D eigenvalue weighted by atomic mass is 32.1. The number of carbonyl (C=O) groups excluding carboxylic acids is 2. The first kappa shape index (κ1) is 11.5. The fourth-order valence-corrected chi connectivity index (χ4v) is 2.10. The van der Waals surface area contributed by atoms with E-state index in [4.69, 9.17) is 0 Å². The van der Waals surface area contributed by atoms with Gasteiger partial charge in [0.15, 0.2) is 0 Å². The minimum Gasteiger partial charge on any atom is -0.385 e. The number of aryl methyl sites for hydroxylation is 1. The van der Waals surface area contributed by atoms with E-state index in [2.05, 4.69) is 23.8 Å². The minimum absolute atomic E-state index is 0.398. The number of hydrogen-bond acceptors (Lipinski definition) is 4. The van der Waals surface area contributed by atoms with E-state index in [9.17, 15) is 9.59 Å². The van der Waals surface area contributed by atoms with Crippen molar-refractivity contribution in [3.63, 3.8) is 0 Å². The second-order valence-corrected chi connectivity index (χ2v) is 4.41. The zero-order valence-corrected chi connectivity index (χ0v) is 9.99. The second-order valence-electron chi connectivity index (χ2n) is 3.50. The molecule has 3 nitrogen and oxygen atoms in total. The summed E-state index contributed by atoms with van der Waals surface area (Å²) in [6.07, 6.45) is 0. The highest BCUT2D eigenvalue weighted by molar-refractivity contribution is 7.12. The third-order valence-electron chi connectivity index (χ3n) is 2.20. The average molecular weight is 246 g/mol. The van der Waals surface area contributed by atoms with Crippen molar-refractivity contribution >= 4 is 23.3 Å². The molecule has 0 atom stereocenters. The van der Waals surface area contributed by atoms with Crippen molar-refractivity contribution in [2.75, 3.05) is 0 Å². The van der Waals surface area contributed by atoms with Crippen LogP contribution in [0.3, 0.4) is 0 Å². The van der Waals surface area contributed by atoms with E-state index in [1.54, 1.807) is 11.4 Å². The zero-order valence-electron chi connectivity index (χ0n) is 9.17. The number of carbonyl (C=O) groups is 2. The van der Waals surface area contributed by atoms with Gasteiger partial charge in [-0.05, 0) is 18.4 Å². The second kappa shape index (κ2) is 4.93. The number of hydrogen-bond donors (Lipinski definition) is 0. The maximum absolute atomic E-state index is 10.7. The molecule has 1 aromatic carbocycles. The molecule has 0 fully saturated rings. The summed E-state index contributed by atoms with van der Waals surface area (Å²) in [6, 6.07) is 11.9. The monoisotopic (exact) mass is 246 g/mol. The molecule has 1 aliphatic heterocycles. The Kier molecular flexibility index (Phi) is 3.35. The van der Waals surface area contributed by atoms with E-state index >= 15 is 0 Å². The molecule has 3 rings (SSSR count). The Balaban J connectivity index is 0.000000136. The molecule has 1 aliphatic rings. The van der Waals surface area contributed by atoms with Gasteiger partial charge in [-0.2, -0.15) is 0 Å². The van der Waals surface area contributed by atoms with Crippen molar-refractivity contribution in [1.82, 2.24) is 0 Å². The summed E-state index contributed by atoms with van der Waals surface area (Å²) in [7, 11) is 0. The van der Waals surface area contributed by atoms with Crippen molar-refractivity contribution in [2.45, 2.75) is 6.92 Å². The topological polar surface area (TPSA) is 43.4 Å². The van der Waals surface area contributed by atoms with Gasteiger partial charge < -0.3 is 4.74 Å². The smallest absolute Gasteiger partial charge is 0.357 e. The normalized spacial score (nSPS) is 12.5.